The van der Waals surface area contributed by atoms with Crippen LogP contribution in [0.1, 0.15) is 43.1 Å². The highest BCUT2D eigenvalue weighted by Crippen LogP contribution is 2.35. The first-order chi connectivity index (χ1) is 8.00. The van der Waals surface area contributed by atoms with Crippen LogP contribution in [0.5, 0.6) is 0 Å². The molecule has 0 aromatic heterocycles. The Morgan fingerprint density at radius 1 is 1.00 bits per heavy atom. The van der Waals surface area contributed by atoms with Gasteiger partial charge in [0.25, 0.3) is 5.91 Å². The molecule has 84 valence electrons. The molecule has 4 heteroatoms. The van der Waals surface area contributed by atoms with E-state index in [0.29, 0.717) is 28.0 Å². The topological polar surface area (TPSA) is 54.5 Å². The zero-order valence-electron chi connectivity index (χ0n) is 9.24. The number of nitrogens with zero attached hydrogens (tertiary/aromatic N) is 1. The van der Waals surface area contributed by atoms with Crippen molar-refractivity contribution >= 4 is 23.2 Å². The van der Waals surface area contributed by atoms with Crippen LogP contribution in [0.3, 0.4) is 0 Å². The highest BCUT2D eigenvalue weighted by molar-refractivity contribution is 6.26. The molecule has 1 aromatic carbocycles. The van der Waals surface area contributed by atoms with E-state index in [9.17, 15) is 14.4 Å². The molecule has 0 atom stereocenters. The second-order valence-corrected chi connectivity index (χ2v) is 4.28. The van der Waals surface area contributed by atoms with E-state index < -0.39 is 0 Å². The minimum absolute atomic E-state index is 0.0886. The Morgan fingerprint density at radius 2 is 1.53 bits per heavy atom. The summed E-state index contributed by atoms with van der Waals surface area (Å²) in [5, 5.41) is 0. The van der Waals surface area contributed by atoms with E-state index in [0.717, 1.165) is 0 Å². The van der Waals surface area contributed by atoms with Crippen molar-refractivity contribution in [3.05, 3.63) is 41.0 Å². The molecule has 1 aliphatic heterocycles. The third kappa shape index (κ3) is 1.09. The number of fused-ring (bicyclic) bond motifs is 2. The molecule has 0 N–H and O–H groups in total. The Morgan fingerprint density at radius 3 is 2.12 bits per heavy atom. The first kappa shape index (κ1) is 9.96. The van der Waals surface area contributed by atoms with E-state index in [1.807, 2.05) is 0 Å². The van der Waals surface area contributed by atoms with Crippen LogP contribution in [0.15, 0.2) is 18.7 Å². The fourth-order valence-corrected chi connectivity index (χ4v) is 2.30. The van der Waals surface area contributed by atoms with Crippen molar-refractivity contribution in [3.8, 4) is 0 Å². The third-order valence-corrected chi connectivity index (χ3v) is 3.33. The van der Waals surface area contributed by atoms with E-state index in [4.69, 9.17) is 0 Å². The van der Waals surface area contributed by atoms with E-state index in [2.05, 4.69) is 6.58 Å². The highest BCUT2D eigenvalue weighted by Gasteiger charge is 2.35. The molecule has 0 fully saturated rings. The van der Waals surface area contributed by atoms with Crippen LogP contribution in [0, 0.1) is 0 Å². The Kier molecular flexibility index (Phi) is 1.71. The lowest BCUT2D eigenvalue weighted by molar-refractivity contribution is 0.0873. The molecule has 1 amide bonds. The van der Waals surface area contributed by atoms with Gasteiger partial charge in [-0.25, -0.2) is 0 Å². The van der Waals surface area contributed by atoms with Crippen molar-refractivity contribution < 1.29 is 14.4 Å². The fourth-order valence-electron chi connectivity index (χ4n) is 2.30. The summed E-state index contributed by atoms with van der Waals surface area (Å²) >= 11 is 0. The van der Waals surface area contributed by atoms with Crippen LogP contribution in [0.4, 0.5) is 0 Å². The largest absolute Gasteiger partial charge is 0.311 e. The first-order valence-corrected chi connectivity index (χ1v) is 5.22. The minimum Gasteiger partial charge on any atom is -0.311 e. The Labute approximate surface area is 97.5 Å². The predicted molar refractivity (Wildman–Crippen MR) is 60.8 cm³/mol. The molecule has 0 saturated heterocycles. The van der Waals surface area contributed by atoms with Gasteiger partial charge in [-0.2, -0.15) is 0 Å². The zero-order chi connectivity index (χ0) is 12.3. The molecule has 0 saturated carbocycles. The summed E-state index contributed by atoms with van der Waals surface area (Å²) < 4.78 is 0. The summed E-state index contributed by atoms with van der Waals surface area (Å²) in [6, 6.07) is 3.14. The standard InChI is InChI=1S/C13H9NO3/c1-6-7-3-8-9(12(16)5-11(8)15)4-10(7)13(17)14(6)2/h3-4H,1,5H2,2H3. The maximum Gasteiger partial charge on any atom is 0.258 e. The molecule has 0 radical (unpaired) electrons. The van der Waals surface area contributed by atoms with Gasteiger partial charge in [-0.15, -0.1) is 0 Å². The van der Waals surface area contributed by atoms with Crippen molar-refractivity contribution in [1.82, 2.24) is 4.90 Å². The summed E-state index contributed by atoms with van der Waals surface area (Å²) in [5.41, 5.74) is 2.46. The molecule has 2 aliphatic rings. The minimum atomic E-state index is -0.208. The van der Waals surface area contributed by atoms with E-state index in [1.54, 1.807) is 13.1 Å². The normalized spacial score (nSPS) is 17.8. The average Bonchev–Trinajstić information content (AvgIpc) is 2.70. The molecule has 0 unspecified atom stereocenters. The quantitative estimate of drug-likeness (QED) is 0.631. The van der Waals surface area contributed by atoms with Gasteiger partial charge in [-0.3, -0.25) is 14.4 Å². The van der Waals surface area contributed by atoms with Crippen LogP contribution in [0.25, 0.3) is 5.70 Å². The van der Waals surface area contributed by atoms with Gasteiger partial charge in [-0.1, -0.05) is 6.58 Å². The van der Waals surface area contributed by atoms with Gasteiger partial charge < -0.3 is 4.90 Å². The molecule has 0 spiro atoms. The van der Waals surface area contributed by atoms with Crippen molar-refractivity contribution in [1.29, 1.82) is 0 Å². The monoisotopic (exact) mass is 227 g/mol. The van der Waals surface area contributed by atoms with Crippen LogP contribution in [-0.2, 0) is 0 Å². The molecule has 1 heterocycles. The molecule has 1 aromatic rings. The second-order valence-electron chi connectivity index (χ2n) is 4.28. The van der Waals surface area contributed by atoms with Crippen LogP contribution in [-0.4, -0.2) is 29.4 Å². The van der Waals surface area contributed by atoms with Gasteiger partial charge in [0.05, 0.1) is 6.42 Å². The predicted octanol–water partition coefficient (Wildman–Crippen LogP) is 1.51. The third-order valence-electron chi connectivity index (χ3n) is 3.33. The zero-order valence-corrected chi connectivity index (χ0v) is 9.24. The van der Waals surface area contributed by atoms with Gasteiger partial charge in [-0.05, 0) is 12.1 Å². The number of benzene rings is 1. The van der Waals surface area contributed by atoms with Gasteiger partial charge in [0.1, 0.15) is 0 Å². The summed E-state index contributed by atoms with van der Waals surface area (Å²) in [5.74, 6) is -0.566. The lowest BCUT2D eigenvalue weighted by Crippen LogP contribution is -2.16. The van der Waals surface area contributed by atoms with Crippen LogP contribution >= 0.6 is 0 Å². The second kappa shape index (κ2) is 2.91. The SMILES string of the molecule is C=C1c2cc3c(cc2C(=O)N1C)C(=O)CC3=O. The lowest BCUT2D eigenvalue weighted by Gasteiger charge is -2.08. The number of amides is 1. The molecule has 3 rings (SSSR count). The van der Waals surface area contributed by atoms with Gasteiger partial charge >= 0.3 is 0 Å². The van der Waals surface area contributed by atoms with Crippen LogP contribution in [0.2, 0.25) is 0 Å². The summed E-state index contributed by atoms with van der Waals surface area (Å²) in [7, 11) is 1.62. The lowest BCUT2D eigenvalue weighted by atomic mass is 10.0. The number of Topliss-reactive ketones (excluding diaryl/α,β-unsaturated/α-hetero) is 2. The Bertz CT molecular complexity index is 575. The molecule has 1 aliphatic carbocycles. The number of ketones is 2. The van der Waals surface area contributed by atoms with Gasteiger partial charge in [0.2, 0.25) is 0 Å². The molecule has 4 nitrogen and oxygen atoms in total. The highest BCUT2D eigenvalue weighted by atomic mass is 16.2. The Hall–Kier alpha value is -2.23. The molecular weight excluding hydrogens is 218 g/mol. The van der Waals surface area contributed by atoms with E-state index >= 15 is 0 Å². The maximum absolute atomic E-state index is 11.9. The number of rotatable bonds is 0. The molecule has 17 heavy (non-hydrogen) atoms. The van der Waals surface area contributed by atoms with Crippen molar-refractivity contribution in [3.63, 3.8) is 0 Å². The van der Waals surface area contributed by atoms with Gasteiger partial charge in [0.15, 0.2) is 11.6 Å². The average molecular weight is 227 g/mol. The molecular formula is C13H9NO3. The first-order valence-electron chi connectivity index (χ1n) is 5.22. The van der Waals surface area contributed by atoms with E-state index in [-0.39, 0.29) is 23.9 Å². The van der Waals surface area contributed by atoms with Gasteiger partial charge in [0, 0.05) is 35.0 Å². The van der Waals surface area contributed by atoms with Crippen molar-refractivity contribution in [2.75, 3.05) is 7.05 Å². The number of carbonyl (C=O) groups excluding carboxylic acids is 3. The fraction of sp³-hybridized carbons (Fsp3) is 0.154. The van der Waals surface area contributed by atoms with Crippen molar-refractivity contribution in [2.45, 2.75) is 6.42 Å². The smallest absolute Gasteiger partial charge is 0.258 e. The number of hydrogen-bond donors (Lipinski definition) is 0. The van der Waals surface area contributed by atoms with Crippen molar-refractivity contribution in [2.24, 2.45) is 0 Å². The van der Waals surface area contributed by atoms with E-state index in [1.165, 1.54) is 11.0 Å². The maximum atomic E-state index is 11.9. The van der Waals surface area contributed by atoms with Crippen LogP contribution < -0.4 is 0 Å². The Balaban J connectivity index is 2.31. The summed E-state index contributed by atoms with van der Waals surface area (Å²) in [4.78, 5) is 36.5. The summed E-state index contributed by atoms with van der Waals surface area (Å²) in [6.45, 7) is 3.81. The molecule has 0 bridgehead atoms. The number of carbonyl (C=O) groups is 3. The summed E-state index contributed by atoms with van der Waals surface area (Å²) in [6.07, 6.45) is -0.0886. The number of hydrogen-bond acceptors (Lipinski definition) is 3.